The molecule has 9 nitrogen and oxygen atoms in total. The third kappa shape index (κ3) is 5.08. The van der Waals surface area contributed by atoms with Gasteiger partial charge in [0, 0.05) is 31.9 Å². The van der Waals surface area contributed by atoms with Gasteiger partial charge in [-0.3, -0.25) is 19.1 Å². The molecule has 0 bridgehead atoms. The number of carboxylic acids is 1. The van der Waals surface area contributed by atoms with Gasteiger partial charge in [0.15, 0.2) is 0 Å². The number of hydrogen-bond donors (Lipinski definition) is 2. The molecule has 1 atom stereocenters. The normalized spacial score (nSPS) is 11.8. The molecule has 1 unspecified atom stereocenters. The quantitative estimate of drug-likeness (QED) is 0.535. The maximum atomic E-state index is 14.5. The third-order valence-electron chi connectivity index (χ3n) is 5.43. The summed E-state index contributed by atoms with van der Waals surface area (Å²) >= 11 is 0. The molecule has 3 rings (SSSR count). The Kier molecular flexibility index (Phi) is 7.04. The Balaban J connectivity index is 1.84. The number of benzene rings is 1. The molecule has 3 aromatic rings. The molecule has 1 amide bonds. The molecule has 2 heterocycles. The first-order valence-corrected chi connectivity index (χ1v) is 10.2. The Labute approximate surface area is 192 Å². The van der Waals surface area contributed by atoms with Gasteiger partial charge in [0.25, 0.3) is 11.5 Å². The lowest BCUT2D eigenvalue weighted by atomic mass is 10.0. The summed E-state index contributed by atoms with van der Waals surface area (Å²) < 4.78 is 31.0. The molecule has 0 radical (unpaired) electrons. The van der Waals surface area contributed by atoms with Crippen molar-refractivity contribution in [2.24, 2.45) is 7.05 Å². The maximum absolute atomic E-state index is 14.5. The largest absolute Gasteiger partial charge is 0.480 e. The summed E-state index contributed by atoms with van der Waals surface area (Å²) in [6.07, 6.45) is 2.48. The Morgan fingerprint density at radius 1 is 1.18 bits per heavy atom. The first kappa shape index (κ1) is 24.5. The number of carbonyl (C=O) groups is 2. The highest BCUT2D eigenvalue weighted by molar-refractivity contribution is 5.97. The summed E-state index contributed by atoms with van der Waals surface area (Å²) in [7, 11) is 1.49. The first-order valence-electron chi connectivity index (χ1n) is 10.2. The number of aliphatic carboxylic acids is 1. The van der Waals surface area contributed by atoms with Gasteiger partial charge in [-0.1, -0.05) is 0 Å². The van der Waals surface area contributed by atoms with Gasteiger partial charge in [-0.15, -0.1) is 0 Å². The van der Waals surface area contributed by atoms with Crippen LogP contribution in [0.5, 0.6) is 0 Å². The van der Waals surface area contributed by atoms with E-state index in [1.165, 1.54) is 56.1 Å². The lowest BCUT2D eigenvalue weighted by Gasteiger charge is -2.17. The monoisotopic (exact) mass is 472 g/mol. The summed E-state index contributed by atoms with van der Waals surface area (Å²) in [5.41, 5.74) is -0.804. The smallest absolute Gasteiger partial charge is 0.331 e. The average molecular weight is 472 g/mol. The molecule has 2 aromatic heterocycles. The summed E-state index contributed by atoms with van der Waals surface area (Å²) in [5, 5.41) is 11.7. The minimum absolute atomic E-state index is 0.0829. The maximum Gasteiger partial charge on any atom is 0.331 e. The number of amides is 1. The van der Waals surface area contributed by atoms with Crippen LogP contribution in [-0.2, 0) is 24.8 Å². The first-order chi connectivity index (χ1) is 16.0. The van der Waals surface area contributed by atoms with Crippen molar-refractivity contribution in [3.05, 3.63) is 97.1 Å². The predicted molar refractivity (Wildman–Crippen MR) is 118 cm³/mol. The van der Waals surface area contributed by atoms with Crippen LogP contribution in [0.2, 0.25) is 0 Å². The SMILES string of the molecule is Cc1cc(F)c(C(=O)NC(Cc2ccnc(Cn3c(=O)ccn(C)c3=O)c2)C(=O)O)c(F)c1C. The van der Waals surface area contributed by atoms with Crippen molar-refractivity contribution in [2.45, 2.75) is 32.9 Å². The molecule has 2 N–H and O–H groups in total. The van der Waals surface area contributed by atoms with Crippen molar-refractivity contribution in [2.75, 3.05) is 0 Å². The van der Waals surface area contributed by atoms with E-state index in [0.29, 0.717) is 16.8 Å². The molecule has 0 spiro atoms. The highest BCUT2D eigenvalue weighted by Gasteiger charge is 2.26. The second kappa shape index (κ2) is 9.77. The van der Waals surface area contributed by atoms with E-state index in [-0.39, 0.29) is 18.5 Å². The second-order valence-electron chi connectivity index (χ2n) is 7.85. The Morgan fingerprint density at radius 2 is 1.88 bits per heavy atom. The number of nitrogens with one attached hydrogen (secondary N) is 1. The zero-order chi connectivity index (χ0) is 25.2. The third-order valence-corrected chi connectivity index (χ3v) is 5.43. The van der Waals surface area contributed by atoms with E-state index >= 15 is 0 Å². The molecular formula is C23H22F2N4O5. The van der Waals surface area contributed by atoms with E-state index in [2.05, 4.69) is 10.3 Å². The molecule has 0 saturated heterocycles. The number of carboxylic acid groups (broad SMARTS) is 1. The molecule has 1 aromatic carbocycles. The minimum Gasteiger partial charge on any atom is -0.480 e. The molecule has 11 heteroatoms. The van der Waals surface area contributed by atoms with Crippen LogP contribution in [-0.4, -0.2) is 37.1 Å². The van der Waals surface area contributed by atoms with E-state index in [1.54, 1.807) is 0 Å². The van der Waals surface area contributed by atoms with Gasteiger partial charge in [0.2, 0.25) is 0 Å². The molecule has 0 aliphatic heterocycles. The summed E-state index contributed by atoms with van der Waals surface area (Å²) in [5.74, 6) is -4.76. The highest BCUT2D eigenvalue weighted by Crippen LogP contribution is 2.20. The van der Waals surface area contributed by atoms with Crippen LogP contribution >= 0.6 is 0 Å². The molecule has 0 fully saturated rings. The summed E-state index contributed by atoms with van der Waals surface area (Å²) in [6.45, 7) is 2.73. The number of carbonyl (C=O) groups excluding carboxylic acids is 1. The van der Waals surface area contributed by atoms with Crippen molar-refractivity contribution in [3.8, 4) is 0 Å². The van der Waals surface area contributed by atoms with Gasteiger partial charge >= 0.3 is 11.7 Å². The zero-order valence-corrected chi connectivity index (χ0v) is 18.6. The van der Waals surface area contributed by atoms with Crippen LogP contribution in [0.25, 0.3) is 0 Å². The van der Waals surface area contributed by atoms with Gasteiger partial charge < -0.3 is 15.0 Å². The van der Waals surface area contributed by atoms with E-state index < -0.39 is 46.4 Å². The molecule has 0 aliphatic carbocycles. The lowest BCUT2D eigenvalue weighted by Crippen LogP contribution is -2.43. The molecule has 0 aliphatic rings. The van der Waals surface area contributed by atoms with Crippen molar-refractivity contribution >= 4 is 11.9 Å². The number of halogens is 2. The van der Waals surface area contributed by atoms with E-state index in [1.807, 2.05) is 0 Å². The van der Waals surface area contributed by atoms with Crippen LogP contribution in [0.1, 0.15) is 32.7 Å². The fourth-order valence-electron chi connectivity index (χ4n) is 3.37. The van der Waals surface area contributed by atoms with Crippen LogP contribution in [0.4, 0.5) is 8.78 Å². The summed E-state index contributed by atoms with van der Waals surface area (Å²) in [4.78, 5) is 52.6. The van der Waals surface area contributed by atoms with Crippen molar-refractivity contribution < 1.29 is 23.5 Å². The Hall–Kier alpha value is -4.15. The van der Waals surface area contributed by atoms with Crippen molar-refractivity contribution in [1.82, 2.24) is 19.4 Å². The number of rotatable bonds is 7. The summed E-state index contributed by atoms with van der Waals surface area (Å²) in [6, 6.07) is 3.71. The van der Waals surface area contributed by atoms with Crippen molar-refractivity contribution in [1.29, 1.82) is 0 Å². The van der Waals surface area contributed by atoms with Crippen LogP contribution in [0, 0.1) is 25.5 Å². The number of nitrogens with zero attached hydrogens (tertiary/aromatic N) is 3. The number of pyridine rings is 1. The van der Waals surface area contributed by atoms with Gasteiger partial charge in [-0.2, -0.15) is 0 Å². The highest BCUT2D eigenvalue weighted by atomic mass is 19.1. The standard InChI is InChI=1S/C23H22F2N4O5/c1-12-8-16(24)19(20(25)13(12)2)21(31)27-17(22(32)33)10-14-4-6-26-15(9-14)11-29-18(30)5-7-28(3)23(29)34/h4-9,17H,10-11H2,1-3H3,(H,27,31)(H,32,33). The number of hydrogen-bond acceptors (Lipinski definition) is 5. The zero-order valence-electron chi connectivity index (χ0n) is 18.6. The topological polar surface area (TPSA) is 123 Å². The number of aryl methyl sites for hydroxylation is 2. The van der Waals surface area contributed by atoms with E-state index in [4.69, 9.17) is 0 Å². The average Bonchev–Trinajstić information content (AvgIpc) is 2.77. The fraction of sp³-hybridized carbons (Fsp3) is 0.261. The predicted octanol–water partition coefficient (Wildman–Crippen LogP) is 1.31. The fourth-order valence-corrected chi connectivity index (χ4v) is 3.37. The van der Waals surface area contributed by atoms with E-state index in [9.17, 15) is 33.1 Å². The molecule has 34 heavy (non-hydrogen) atoms. The lowest BCUT2D eigenvalue weighted by molar-refractivity contribution is -0.139. The molecule has 178 valence electrons. The molecular weight excluding hydrogens is 450 g/mol. The Bertz CT molecular complexity index is 1400. The van der Waals surface area contributed by atoms with Crippen LogP contribution < -0.4 is 16.6 Å². The number of aromatic nitrogens is 3. The van der Waals surface area contributed by atoms with Gasteiger partial charge in [-0.05, 0) is 48.7 Å². The van der Waals surface area contributed by atoms with Gasteiger partial charge in [-0.25, -0.2) is 18.4 Å². The van der Waals surface area contributed by atoms with Crippen LogP contribution in [0.3, 0.4) is 0 Å². The van der Waals surface area contributed by atoms with Crippen LogP contribution in [0.15, 0.2) is 46.2 Å². The second-order valence-corrected chi connectivity index (χ2v) is 7.85. The van der Waals surface area contributed by atoms with Gasteiger partial charge in [0.1, 0.15) is 23.2 Å². The van der Waals surface area contributed by atoms with E-state index in [0.717, 1.165) is 10.6 Å². The molecule has 0 saturated carbocycles. The minimum atomic E-state index is -1.50. The van der Waals surface area contributed by atoms with Gasteiger partial charge in [0.05, 0.1) is 12.2 Å². The van der Waals surface area contributed by atoms with Crippen molar-refractivity contribution in [3.63, 3.8) is 0 Å². The Morgan fingerprint density at radius 3 is 2.56 bits per heavy atom.